The van der Waals surface area contributed by atoms with Gasteiger partial charge in [-0.2, -0.15) is 0 Å². The maximum atomic E-state index is 13.5. The smallest absolute Gasteiger partial charge is 0.260 e. The topological polar surface area (TPSA) is 67.9 Å². The van der Waals surface area contributed by atoms with Crippen molar-refractivity contribution in [1.29, 1.82) is 0 Å². The number of rotatable bonds is 6. The standard InChI is InChI=1S/C23H21FN2O4/c24-19-6-8-21-18(11-19)13-26(23(28)15-30-21)10-9-25-22(27)14-29-20-7-5-16-3-1-2-4-17(16)12-20/h1-8,11-12H,9-10,13-15H2,(H,25,27). The molecule has 0 saturated carbocycles. The highest BCUT2D eigenvalue weighted by Gasteiger charge is 2.21. The maximum Gasteiger partial charge on any atom is 0.260 e. The number of amides is 2. The second-order valence-electron chi connectivity index (χ2n) is 7.00. The molecule has 0 saturated heterocycles. The summed E-state index contributed by atoms with van der Waals surface area (Å²) < 4.78 is 24.5. The van der Waals surface area contributed by atoms with Gasteiger partial charge in [0.05, 0.1) is 0 Å². The van der Waals surface area contributed by atoms with E-state index in [2.05, 4.69) is 5.32 Å². The van der Waals surface area contributed by atoms with Gasteiger partial charge in [0.15, 0.2) is 13.2 Å². The molecule has 0 radical (unpaired) electrons. The third kappa shape index (κ3) is 4.68. The van der Waals surface area contributed by atoms with E-state index < -0.39 is 0 Å². The number of ether oxygens (including phenoxy) is 2. The molecule has 0 unspecified atom stereocenters. The van der Waals surface area contributed by atoms with Gasteiger partial charge in [0, 0.05) is 25.2 Å². The van der Waals surface area contributed by atoms with E-state index in [-0.39, 0.29) is 43.9 Å². The van der Waals surface area contributed by atoms with Crippen molar-refractivity contribution >= 4 is 22.6 Å². The summed E-state index contributed by atoms with van der Waals surface area (Å²) in [6, 6.07) is 17.7. The minimum Gasteiger partial charge on any atom is -0.484 e. The Kier molecular flexibility index (Phi) is 5.79. The maximum absolute atomic E-state index is 13.5. The minimum atomic E-state index is -0.384. The van der Waals surface area contributed by atoms with Gasteiger partial charge in [0.2, 0.25) is 0 Å². The number of fused-ring (bicyclic) bond motifs is 2. The molecule has 4 rings (SSSR count). The summed E-state index contributed by atoms with van der Waals surface area (Å²) in [5, 5.41) is 4.88. The molecule has 0 aromatic heterocycles. The van der Waals surface area contributed by atoms with Crippen molar-refractivity contribution in [2.45, 2.75) is 6.54 Å². The van der Waals surface area contributed by atoms with Crippen LogP contribution in [0.2, 0.25) is 0 Å². The number of carbonyl (C=O) groups excluding carboxylic acids is 2. The molecule has 1 heterocycles. The highest BCUT2D eigenvalue weighted by Crippen LogP contribution is 2.24. The van der Waals surface area contributed by atoms with Gasteiger partial charge in [-0.15, -0.1) is 0 Å². The van der Waals surface area contributed by atoms with Gasteiger partial charge in [-0.05, 0) is 41.1 Å². The Balaban J connectivity index is 1.27. The summed E-state index contributed by atoms with van der Waals surface area (Å²) in [5.74, 6) is 0.231. The summed E-state index contributed by atoms with van der Waals surface area (Å²) in [5.41, 5.74) is 0.604. The number of nitrogens with zero attached hydrogens (tertiary/aromatic N) is 1. The molecule has 0 aliphatic carbocycles. The van der Waals surface area contributed by atoms with E-state index in [1.807, 2.05) is 42.5 Å². The van der Waals surface area contributed by atoms with Crippen LogP contribution in [-0.2, 0) is 16.1 Å². The summed E-state index contributed by atoms with van der Waals surface area (Å²) >= 11 is 0. The molecule has 0 bridgehead atoms. The van der Waals surface area contributed by atoms with Crippen LogP contribution in [0, 0.1) is 5.82 Å². The lowest BCUT2D eigenvalue weighted by atomic mass is 10.1. The Morgan fingerprint density at radius 3 is 2.80 bits per heavy atom. The number of nitrogens with one attached hydrogen (secondary N) is 1. The average molecular weight is 408 g/mol. The van der Waals surface area contributed by atoms with Crippen LogP contribution >= 0.6 is 0 Å². The van der Waals surface area contributed by atoms with Crippen molar-refractivity contribution in [2.75, 3.05) is 26.3 Å². The van der Waals surface area contributed by atoms with E-state index in [0.717, 1.165) is 10.8 Å². The Hall–Kier alpha value is -3.61. The Bertz CT molecular complexity index is 1090. The first kappa shape index (κ1) is 19.7. The Morgan fingerprint density at radius 2 is 1.93 bits per heavy atom. The zero-order valence-corrected chi connectivity index (χ0v) is 16.3. The number of benzene rings is 3. The van der Waals surface area contributed by atoms with Crippen LogP contribution in [0.3, 0.4) is 0 Å². The first-order chi connectivity index (χ1) is 14.6. The average Bonchev–Trinajstić information content (AvgIpc) is 2.90. The zero-order chi connectivity index (χ0) is 20.9. The first-order valence-electron chi connectivity index (χ1n) is 9.66. The van der Waals surface area contributed by atoms with Crippen LogP contribution in [-0.4, -0.2) is 43.0 Å². The van der Waals surface area contributed by atoms with Gasteiger partial charge >= 0.3 is 0 Å². The first-order valence-corrected chi connectivity index (χ1v) is 9.66. The van der Waals surface area contributed by atoms with E-state index >= 15 is 0 Å². The largest absolute Gasteiger partial charge is 0.484 e. The van der Waals surface area contributed by atoms with Crippen molar-refractivity contribution < 1.29 is 23.5 Å². The predicted octanol–water partition coefficient (Wildman–Crippen LogP) is 2.90. The van der Waals surface area contributed by atoms with Gasteiger partial charge in [0.1, 0.15) is 17.3 Å². The predicted molar refractivity (Wildman–Crippen MR) is 110 cm³/mol. The molecule has 3 aromatic rings. The van der Waals surface area contributed by atoms with Gasteiger partial charge in [-0.1, -0.05) is 30.3 Å². The molecular weight excluding hydrogens is 387 g/mol. The van der Waals surface area contributed by atoms with Crippen LogP contribution in [0.25, 0.3) is 10.8 Å². The SMILES string of the molecule is O=C(COc1ccc2ccccc2c1)NCCN1Cc2cc(F)ccc2OCC1=O. The van der Waals surface area contributed by atoms with E-state index in [1.165, 1.54) is 23.1 Å². The van der Waals surface area contributed by atoms with Crippen molar-refractivity contribution in [3.63, 3.8) is 0 Å². The second kappa shape index (κ2) is 8.82. The molecular formula is C23H21FN2O4. The molecule has 0 spiro atoms. The molecule has 6 nitrogen and oxygen atoms in total. The quantitative estimate of drug-likeness (QED) is 0.681. The number of carbonyl (C=O) groups is 2. The summed E-state index contributed by atoms with van der Waals surface area (Å²) in [7, 11) is 0. The fourth-order valence-corrected chi connectivity index (χ4v) is 3.33. The van der Waals surface area contributed by atoms with Crippen molar-refractivity contribution in [3.8, 4) is 11.5 Å². The molecule has 1 aliphatic rings. The number of hydrogen-bond donors (Lipinski definition) is 1. The molecule has 30 heavy (non-hydrogen) atoms. The van der Waals surface area contributed by atoms with Crippen molar-refractivity contribution in [3.05, 3.63) is 72.0 Å². The molecule has 3 aromatic carbocycles. The van der Waals surface area contributed by atoms with Crippen LogP contribution in [0.4, 0.5) is 4.39 Å². The Labute approximate surface area is 173 Å². The third-order valence-corrected chi connectivity index (χ3v) is 4.88. The summed E-state index contributed by atoms with van der Waals surface area (Å²) in [6.45, 7) is 0.548. The highest BCUT2D eigenvalue weighted by molar-refractivity contribution is 5.84. The van der Waals surface area contributed by atoms with E-state index in [1.54, 1.807) is 0 Å². The van der Waals surface area contributed by atoms with Crippen LogP contribution in [0.15, 0.2) is 60.7 Å². The van der Waals surface area contributed by atoms with E-state index in [0.29, 0.717) is 23.6 Å². The van der Waals surface area contributed by atoms with Crippen molar-refractivity contribution in [1.82, 2.24) is 10.2 Å². The van der Waals surface area contributed by atoms with Crippen LogP contribution < -0.4 is 14.8 Å². The monoisotopic (exact) mass is 408 g/mol. The zero-order valence-electron chi connectivity index (χ0n) is 16.3. The van der Waals surface area contributed by atoms with Crippen LogP contribution in [0.1, 0.15) is 5.56 Å². The summed E-state index contributed by atoms with van der Waals surface area (Å²) in [4.78, 5) is 25.9. The molecule has 7 heteroatoms. The highest BCUT2D eigenvalue weighted by atomic mass is 19.1. The van der Waals surface area contributed by atoms with Gasteiger partial charge in [-0.3, -0.25) is 9.59 Å². The minimum absolute atomic E-state index is 0.113. The lowest BCUT2D eigenvalue weighted by Gasteiger charge is -2.20. The number of halogens is 1. The molecule has 154 valence electrons. The molecule has 1 aliphatic heterocycles. The van der Waals surface area contributed by atoms with E-state index in [4.69, 9.17) is 9.47 Å². The van der Waals surface area contributed by atoms with Gasteiger partial charge < -0.3 is 19.7 Å². The molecule has 0 fully saturated rings. The van der Waals surface area contributed by atoms with Crippen molar-refractivity contribution in [2.24, 2.45) is 0 Å². The molecule has 2 amide bonds. The fraction of sp³-hybridized carbons (Fsp3) is 0.217. The van der Waals surface area contributed by atoms with Gasteiger partial charge in [0.25, 0.3) is 11.8 Å². The second-order valence-corrected chi connectivity index (χ2v) is 7.00. The number of hydrogen-bond acceptors (Lipinski definition) is 4. The fourth-order valence-electron chi connectivity index (χ4n) is 3.33. The lowest BCUT2D eigenvalue weighted by molar-refractivity contribution is -0.133. The molecule has 0 atom stereocenters. The van der Waals surface area contributed by atoms with E-state index in [9.17, 15) is 14.0 Å². The Morgan fingerprint density at radius 1 is 1.10 bits per heavy atom. The van der Waals surface area contributed by atoms with Crippen LogP contribution in [0.5, 0.6) is 11.5 Å². The summed E-state index contributed by atoms with van der Waals surface area (Å²) in [6.07, 6.45) is 0. The normalized spacial score (nSPS) is 13.4. The molecule has 1 N–H and O–H groups in total. The lowest BCUT2D eigenvalue weighted by Crippen LogP contribution is -2.40. The van der Waals surface area contributed by atoms with Gasteiger partial charge in [-0.25, -0.2) is 4.39 Å². The third-order valence-electron chi connectivity index (χ3n) is 4.88.